The first-order chi connectivity index (χ1) is 3.55. The Bertz CT molecular complexity index is 120. The van der Waals surface area contributed by atoms with Gasteiger partial charge in [0.2, 0.25) is 0 Å². The lowest BCUT2D eigenvalue weighted by atomic mass is 10.5. The summed E-state index contributed by atoms with van der Waals surface area (Å²) in [6.45, 7) is 3.40. The number of likely N-dealkylation sites (N-methyl/N-ethyl adjacent to an activating group) is 1. The molecule has 0 saturated heterocycles. The molecule has 0 N–H and O–H groups in total. The van der Waals surface area contributed by atoms with Crippen molar-refractivity contribution in [2.45, 2.75) is 0 Å². The highest BCUT2D eigenvalue weighted by atomic mass is 35.5. The van der Waals surface area contributed by atoms with Gasteiger partial charge in [0, 0.05) is 14.1 Å². The van der Waals surface area contributed by atoms with Gasteiger partial charge >= 0.3 is 0 Å². The van der Waals surface area contributed by atoms with Crippen LogP contribution < -0.4 is 0 Å². The molecule has 0 fully saturated rings. The average Bonchev–Trinajstić information content (AvgIpc) is 1.64. The van der Waals surface area contributed by atoms with Gasteiger partial charge in [-0.3, -0.25) is 4.79 Å². The van der Waals surface area contributed by atoms with Crippen LogP contribution in [0.2, 0.25) is 0 Å². The molecular weight excluding hydrogens is 126 g/mol. The monoisotopic (exact) mass is 133 g/mol. The van der Waals surface area contributed by atoms with Crippen molar-refractivity contribution in [3.05, 3.63) is 12.3 Å². The van der Waals surface area contributed by atoms with E-state index in [1.807, 2.05) is 0 Å². The molecule has 0 aromatic rings. The maximum absolute atomic E-state index is 10.2. The minimum absolute atomic E-state index is 0.312. The summed E-state index contributed by atoms with van der Waals surface area (Å²) in [6, 6.07) is 0. The molecule has 8 heavy (non-hydrogen) atoms. The van der Waals surface area contributed by atoms with Crippen molar-refractivity contribution >= 4 is 16.8 Å². The smallest absolute Gasteiger partial charge is 0.267 e. The fourth-order valence-electron chi connectivity index (χ4n) is 0.176. The van der Waals surface area contributed by atoms with Gasteiger partial charge in [0.25, 0.3) is 5.24 Å². The topological polar surface area (TPSA) is 20.3 Å². The Morgan fingerprint density at radius 1 is 1.62 bits per heavy atom. The lowest BCUT2D eigenvalue weighted by Gasteiger charge is -2.09. The number of hydrogen-bond acceptors (Lipinski definition) is 2. The number of allylic oxidation sites excluding steroid dienone is 1. The first kappa shape index (κ1) is 7.50. The predicted octanol–water partition coefficient (Wildman–Crippen LogP) is 0.827. The number of rotatable bonds is 2. The quantitative estimate of drug-likeness (QED) is 0.411. The molecule has 0 bridgehead atoms. The zero-order valence-corrected chi connectivity index (χ0v) is 5.70. The molecule has 0 aliphatic heterocycles. The van der Waals surface area contributed by atoms with E-state index in [9.17, 15) is 4.79 Å². The number of carbonyl (C=O) groups is 1. The van der Waals surface area contributed by atoms with Crippen molar-refractivity contribution in [2.24, 2.45) is 0 Å². The molecule has 0 atom stereocenters. The highest BCUT2D eigenvalue weighted by Crippen LogP contribution is 1.97. The van der Waals surface area contributed by atoms with E-state index in [1.165, 1.54) is 0 Å². The van der Waals surface area contributed by atoms with Gasteiger partial charge in [0.15, 0.2) is 0 Å². The van der Waals surface area contributed by atoms with Crippen molar-refractivity contribution in [2.75, 3.05) is 14.1 Å². The molecule has 0 radical (unpaired) electrons. The van der Waals surface area contributed by atoms with E-state index in [1.54, 1.807) is 19.0 Å². The molecule has 3 heteroatoms. The van der Waals surface area contributed by atoms with Crippen LogP contribution in [0, 0.1) is 0 Å². The van der Waals surface area contributed by atoms with Crippen molar-refractivity contribution in [1.82, 2.24) is 4.90 Å². The fourth-order valence-corrected chi connectivity index (χ4v) is 0.345. The number of nitrogens with zero attached hydrogens (tertiary/aromatic N) is 1. The number of hydrogen-bond donors (Lipinski definition) is 0. The molecule has 2 nitrogen and oxygen atoms in total. The normalized spacial score (nSPS) is 8.38. The summed E-state index contributed by atoms with van der Waals surface area (Å²) in [4.78, 5) is 11.8. The van der Waals surface area contributed by atoms with Crippen LogP contribution in [-0.4, -0.2) is 24.2 Å². The van der Waals surface area contributed by atoms with Crippen LogP contribution in [-0.2, 0) is 4.79 Å². The second-order valence-electron chi connectivity index (χ2n) is 1.61. The van der Waals surface area contributed by atoms with Crippen LogP contribution >= 0.6 is 11.6 Å². The minimum Gasteiger partial charge on any atom is -0.374 e. The SMILES string of the molecule is C=C(C(=O)Cl)N(C)C. The van der Waals surface area contributed by atoms with E-state index in [0.29, 0.717) is 5.70 Å². The van der Waals surface area contributed by atoms with Crippen LogP contribution in [0.1, 0.15) is 0 Å². The first-order valence-electron chi connectivity index (χ1n) is 2.11. The lowest BCUT2D eigenvalue weighted by molar-refractivity contribution is -0.109. The third kappa shape index (κ3) is 1.98. The summed E-state index contributed by atoms with van der Waals surface area (Å²) in [7, 11) is 3.42. The molecule has 0 rings (SSSR count). The number of halogens is 1. The zero-order valence-electron chi connectivity index (χ0n) is 4.94. The van der Waals surface area contributed by atoms with Crippen LogP contribution in [0.3, 0.4) is 0 Å². The molecule has 0 saturated carbocycles. The molecule has 46 valence electrons. The second-order valence-corrected chi connectivity index (χ2v) is 1.96. The molecule has 0 aromatic heterocycles. The van der Waals surface area contributed by atoms with Gasteiger partial charge in [-0.2, -0.15) is 0 Å². The van der Waals surface area contributed by atoms with Crippen LogP contribution in [0.25, 0.3) is 0 Å². The second kappa shape index (κ2) is 2.72. The van der Waals surface area contributed by atoms with Crippen molar-refractivity contribution < 1.29 is 4.79 Å². The van der Waals surface area contributed by atoms with Gasteiger partial charge in [-0.05, 0) is 11.6 Å². The largest absolute Gasteiger partial charge is 0.374 e. The highest BCUT2D eigenvalue weighted by Gasteiger charge is 2.02. The van der Waals surface area contributed by atoms with E-state index in [0.717, 1.165) is 0 Å². The molecular formula is C5H8ClNO. The molecule has 0 aromatic carbocycles. The lowest BCUT2D eigenvalue weighted by Crippen LogP contribution is -2.14. The maximum Gasteiger partial charge on any atom is 0.267 e. The van der Waals surface area contributed by atoms with Crippen LogP contribution in [0.5, 0.6) is 0 Å². The van der Waals surface area contributed by atoms with Crippen molar-refractivity contribution in [3.8, 4) is 0 Å². The average molecular weight is 134 g/mol. The Morgan fingerprint density at radius 2 is 2.00 bits per heavy atom. The van der Waals surface area contributed by atoms with Crippen LogP contribution in [0.4, 0.5) is 0 Å². The summed E-state index contributed by atoms with van der Waals surface area (Å²) in [5.41, 5.74) is 0.312. The molecule has 0 aliphatic carbocycles. The van der Waals surface area contributed by atoms with E-state index in [2.05, 4.69) is 6.58 Å². The number of carbonyl (C=O) groups excluding carboxylic acids is 1. The van der Waals surface area contributed by atoms with Gasteiger partial charge < -0.3 is 4.90 Å². The predicted molar refractivity (Wildman–Crippen MR) is 33.7 cm³/mol. The minimum atomic E-state index is -0.505. The van der Waals surface area contributed by atoms with Crippen LogP contribution in [0.15, 0.2) is 12.3 Å². The Morgan fingerprint density at radius 3 is 2.00 bits per heavy atom. The van der Waals surface area contributed by atoms with Gasteiger partial charge in [-0.25, -0.2) is 0 Å². The van der Waals surface area contributed by atoms with Crippen molar-refractivity contribution in [3.63, 3.8) is 0 Å². The highest BCUT2D eigenvalue weighted by molar-refractivity contribution is 6.67. The third-order valence-corrected chi connectivity index (χ3v) is 0.985. The van der Waals surface area contributed by atoms with E-state index >= 15 is 0 Å². The zero-order chi connectivity index (χ0) is 6.73. The summed E-state index contributed by atoms with van der Waals surface area (Å²) < 4.78 is 0. The Kier molecular flexibility index (Phi) is 2.55. The van der Waals surface area contributed by atoms with Gasteiger partial charge in [0.05, 0.1) is 5.70 Å². The maximum atomic E-state index is 10.2. The Labute approximate surface area is 53.7 Å². The van der Waals surface area contributed by atoms with Gasteiger partial charge in [0.1, 0.15) is 0 Å². The molecule has 0 unspecified atom stereocenters. The Hall–Kier alpha value is -0.500. The first-order valence-corrected chi connectivity index (χ1v) is 2.49. The Balaban J connectivity index is 3.84. The molecule has 0 amide bonds. The molecule has 0 spiro atoms. The van der Waals surface area contributed by atoms with E-state index < -0.39 is 5.24 Å². The third-order valence-electron chi connectivity index (χ3n) is 0.767. The summed E-state index contributed by atoms with van der Waals surface area (Å²) in [6.07, 6.45) is 0. The standard InChI is InChI=1S/C5H8ClNO/c1-4(5(6)8)7(2)3/h1H2,2-3H3. The molecule has 0 aliphatic rings. The fraction of sp³-hybridized carbons (Fsp3) is 0.400. The summed E-state index contributed by atoms with van der Waals surface area (Å²) in [5.74, 6) is 0. The van der Waals surface area contributed by atoms with E-state index in [4.69, 9.17) is 11.6 Å². The summed E-state index contributed by atoms with van der Waals surface area (Å²) >= 11 is 5.04. The molecule has 0 heterocycles. The summed E-state index contributed by atoms with van der Waals surface area (Å²) in [5, 5.41) is -0.505. The van der Waals surface area contributed by atoms with Gasteiger partial charge in [-0.15, -0.1) is 0 Å². The van der Waals surface area contributed by atoms with Gasteiger partial charge in [-0.1, -0.05) is 6.58 Å². The van der Waals surface area contributed by atoms with Crippen molar-refractivity contribution in [1.29, 1.82) is 0 Å². The van der Waals surface area contributed by atoms with E-state index in [-0.39, 0.29) is 0 Å².